The molecule has 0 atom stereocenters. The molecule has 0 spiro atoms. The van der Waals surface area contributed by atoms with E-state index in [2.05, 4.69) is 15.9 Å². The molecule has 1 heterocycles. The number of hydrogen-bond donors (Lipinski definition) is 0. The molecule has 0 saturated heterocycles. The first kappa shape index (κ1) is 10.2. The highest BCUT2D eigenvalue weighted by Gasteiger charge is 2.00. The summed E-state index contributed by atoms with van der Waals surface area (Å²) in [6.07, 6.45) is 1.77. The topological polar surface area (TPSA) is 26.9 Å². The lowest BCUT2D eigenvalue weighted by atomic mass is 10.2. The van der Waals surface area contributed by atoms with E-state index in [9.17, 15) is 4.79 Å². The van der Waals surface area contributed by atoms with Gasteiger partial charge in [-0.1, -0.05) is 28.1 Å². The zero-order chi connectivity index (χ0) is 10.8. The van der Waals surface area contributed by atoms with Gasteiger partial charge < -0.3 is 0 Å². The van der Waals surface area contributed by atoms with Crippen molar-refractivity contribution in [2.75, 3.05) is 0 Å². The largest absolute Gasteiger partial charge is 0.293 e. The van der Waals surface area contributed by atoms with Crippen LogP contribution in [-0.2, 0) is 13.6 Å². The number of aryl methyl sites for hydroxylation is 1. The number of hydrogen-bond acceptors (Lipinski definition) is 1. The predicted molar refractivity (Wildman–Crippen MR) is 62.9 cm³/mol. The predicted octanol–water partition coefficient (Wildman–Crippen LogP) is 2.00. The lowest BCUT2D eigenvalue weighted by Crippen LogP contribution is -2.21. The highest BCUT2D eigenvalue weighted by Crippen LogP contribution is 2.10. The van der Waals surface area contributed by atoms with Crippen LogP contribution in [-0.4, -0.2) is 9.36 Å². The molecule has 1 aromatic carbocycles. The Bertz CT molecular complexity index is 510. The van der Waals surface area contributed by atoms with Crippen LogP contribution in [0.25, 0.3) is 0 Å². The van der Waals surface area contributed by atoms with Crippen LogP contribution in [0, 0.1) is 0 Å². The third kappa shape index (κ3) is 2.21. The zero-order valence-corrected chi connectivity index (χ0v) is 9.94. The lowest BCUT2D eigenvalue weighted by molar-refractivity contribution is 0.535. The molecular formula is C11H11BrN2O. The number of nitrogens with zero attached hydrogens (tertiary/aromatic N) is 2. The fourth-order valence-electron chi connectivity index (χ4n) is 1.45. The van der Waals surface area contributed by atoms with E-state index >= 15 is 0 Å². The van der Waals surface area contributed by atoms with Gasteiger partial charge in [0.15, 0.2) is 0 Å². The van der Waals surface area contributed by atoms with Crippen molar-refractivity contribution in [3.63, 3.8) is 0 Å². The maximum absolute atomic E-state index is 11.4. The Morgan fingerprint density at radius 3 is 2.40 bits per heavy atom. The summed E-state index contributed by atoms with van der Waals surface area (Å²) in [5.41, 5.74) is 1.14. The van der Waals surface area contributed by atoms with Crippen LogP contribution in [0.2, 0.25) is 0 Å². The summed E-state index contributed by atoms with van der Waals surface area (Å²) in [6, 6.07) is 9.53. The molecule has 15 heavy (non-hydrogen) atoms. The highest BCUT2D eigenvalue weighted by atomic mass is 79.9. The minimum absolute atomic E-state index is 0.0282. The van der Waals surface area contributed by atoms with E-state index in [4.69, 9.17) is 0 Å². The third-order valence-corrected chi connectivity index (χ3v) is 2.84. The zero-order valence-electron chi connectivity index (χ0n) is 8.35. The minimum Gasteiger partial charge on any atom is -0.293 e. The summed E-state index contributed by atoms with van der Waals surface area (Å²) in [4.78, 5) is 11.4. The van der Waals surface area contributed by atoms with Gasteiger partial charge in [-0.2, -0.15) is 0 Å². The van der Waals surface area contributed by atoms with E-state index in [-0.39, 0.29) is 5.56 Å². The van der Waals surface area contributed by atoms with Crippen molar-refractivity contribution in [1.82, 2.24) is 9.36 Å². The van der Waals surface area contributed by atoms with Crippen molar-refractivity contribution in [3.8, 4) is 0 Å². The fourth-order valence-corrected chi connectivity index (χ4v) is 1.71. The van der Waals surface area contributed by atoms with Crippen molar-refractivity contribution >= 4 is 15.9 Å². The molecular weight excluding hydrogens is 256 g/mol. The van der Waals surface area contributed by atoms with Gasteiger partial charge in [-0.15, -0.1) is 0 Å². The quantitative estimate of drug-likeness (QED) is 0.817. The summed E-state index contributed by atoms with van der Waals surface area (Å²) < 4.78 is 4.53. The van der Waals surface area contributed by atoms with Gasteiger partial charge in [0.25, 0.3) is 5.56 Å². The average Bonchev–Trinajstić information content (AvgIpc) is 2.53. The normalized spacial score (nSPS) is 10.5. The second kappa shape index (κ2) is 4.06. The SMILES string of the molecule is Cn1ccc(=O)n1Cc1ccc(Br)cc1. The Balaban J connectivity index is 2.29. The Hall–Kier alpha value is -1.29. The van der Waals surface area contributed by atoms with Gasteiger partial charge in [0.1, 0.15) is 0 Å². The molecule has 0 unspecified atom stereocenters. The first-order valence-electron chi connectivity index (χ1n) is 4.64. The number of benzene rings is 1. The van der Waals surface area contributed by atoms with E-state index < -0.39 is 0 Å². The molecule has 4 heteroatoms. The van der Waals surface area contributed by atoms with Gasteiger partial charge >= 0.3 is 0 Å². The monoisotopic (exact) mass is 266 g/mol. The first-order valence-corrected chi connectivity index (χ1v) is 5.43. The Kier molecular flexibility index (Phi) is 2.77. The van der Waals surface area contributed by atoms with Gasteiger partial charge in [-0.05, 0) is 17.7 Å². The van der Waals surface area contributed by atoms with Crippen LogP contribution in [0.4, 0.5) is 0 Å². The van der Waals surface area contributed by atoms with Crippen LogP contribution in [0.5, 0.6) is 0 Å². The van der Waals surface area contributed by atoms with Crippen molar-refractivity contribution in [2.24, 2.45) is 7.05 Å². The molecule has 0 aliphatic carbocycles. The van der Waals surface area contributed by atoms with E-state index in [1.807, 2.05) is 31.3 Å². The number of halogens is 1. The van der Waals surface area contributed by atoms with Gasteiger partial charge in [-0.3, -0.25) is 9.48 Å². The molecule has 2 rings (SSSR count). The molecule has 2 aromatic rings. The lowest BCUT2D eigenvalue weighted by Gasteiger charge is -2.06. The molecule has 0 aliphatic heterocycles. The smallest absolute Gasteiger partial charge is 0.266 e. The second-order valence-corrected chi connectivity index (χ2v) is 4.33. The summed E-state index contributed by atoms with van der Waals surface area (Å²) in [5, 5.41) is 0. The van der Waals surface area contributed by atoms with Crippen molar-refractivity contribution in [3.05, 3.63) is 56.9 Å². The van der Waals surface area contributed by atoms with Crippen LogP contribution in [0.15, 0.2) is 45.8 Å². The standard InChI is InChI=1S/C11H11BrN2O/c1-13-7-6-11(15)14(13)8-9-2-4-10(12)5-3-9/h2-7H,8H2,1H3. The molecule has 0 bridgehead atoms. The Labute approximate surface area is 96.1 Å². The number of rotatable bonds is 2. The highest BCUT2D eigenvalue weighted by molar-refractivity contribution is 9.10. The molecule has 3 nitrogen and oxygen atoms in total. The summed E-state index contributed by atoms with van der Waals surface area (Å²) >= 11 is 3.38. The van der Waals surface area contributed by atoms with E-state index in [0.717, 1.165) is 10.0 Å². The molecule has 0 amide bonds. The van der Waals surface area contributed by atoms with E-state index in [0.29, 0.717) is 6.54 Å². The molecule has 0 N–H and O–H groups in total. The summed E-state index contributed by atoms with van der Waals surface area (Å²) in [6.45, 7) is 0.607. The van der Waals surface area contributed by atoms with Crippen LogP contribution >= 0.6 is 15.9 Å². The number of aromatic nitrogens is 2. The first-order chi connectivity index (χ1) is 7.16. The van der Waals surface area contributed by atoms with E-state index in [1.54, 1.807) is 21.6 Å². The Morgan fingerprint density at radius 1 is 1.20 bits per heavy atom. The molecule has 0 saturated carbocycles. The maximum atomic E-state index is 11.4. The second-order valence-electron chi connectivity index (χ2n) is 3.41. The van der Waals surface area contributed by atoms with Gasteiger partial charge in [0, 0.05) is 23.8 Å². The molecule has 0 aliphatic rings. The minimum atomic E-state index is 0.0282. The fraction of sp³-hybridized carbons (Fsp3) is 0.182. The van der Waals surface area contributed by atoms with Crippen LogP contribution in [0.1, 0.15) is 5.56 Å². The van der Waals surface area contributed by atoms with Gasteiger partial charge in [-0.25, -0.2) is 4.68 Å². The summed E-state index contributed by atoms with van der Waals surface area (Å²) in [5.74, 6) is 0. The third-order valence-electron chi connectivity index (χ3n) is 2.31. The van der Waals surface area contributed by atoms with Crippen molar-refractivity contribution in [1.29, 1.82) is 0 Å². The van der Waals surface area contributed by atoms with Crippen LogP contribution in [0.3, 0.4) is 0 Å². The van der Waals surface area contributed by atoms with E-state index in [1.165, 1.54) is 0 Å². The molecule has 1 aromatic heterocycles. The molecule has 78 valence electrons. The molecule has 0 radical (unpaired) electrons. The van der Waals surface area contributed by atoms with Crippen molar-refractivity contribution in [2.45, 2.75) is 6.54 Å². The van der Waals surface area contributed by atoms with Gasteiger partial charge in [0.2, 0.25) is 0 Å². The average molecular weight is 267 g/mol. The van der Waals surface area contributed by atoms with Crippen LogP contribution < -0.4 is 5.56 Å². The Morgan fingerprint density at radius 2 is 1.87 bits per heavy atom. The molecule has 0 fully saturated rings. The van der Waals surface area contributed by atoms with Crippen molar-refractivity contribution < 1.29 is 0 Å². The maximum Gasteiger partial charge on any atom is 0.266 e. The summed E-state index contributed by atoms with van der Waals surface area (Å²) in [7, 11) is 1.86. The van der Waals surface area contributed by atoms with Gasteiger partial charge in [0.05, 0.1) is 6.54 Å².